The number of fused-ring (bicyclic) bond motifs is 2. The molecule has 7 heteroatoms. The molecule has 1 amide bonds. The van der Waals surface area contributed by atoms with Crippen LogP contribution in [0.3, 0.4) is 0 Å². The summed E-state index contributed by atoms with van der Waals surface area (Å²) in [5.41, 5.74) is 2.12. The first-order chi connectivity index (χ1) is 12.5. The molecule has 0 saturated carbocycles. The second kappa shape index (κ2) is 6.18. The third-order valence-corrected chi connectivity index (χ3v) is 4.56. The highest BCUT2D eigenvalue weighted by Crippen LogP contribution is 2.15. The largest absolute Gasteiger partial charge is 0.346 e. The monoisotopic (exact) mass is 349 g/mol. The number of carbonyl (C=O) groups is 1. The molecule has 26 heavy (non-hydrogen) atoms. The molecular formula is C19H19N5O2. The average molecular weight is 349 g/mol. The molecule has 0 radical (unpaired) electrons. The molecule has 4 rings (SSSR count). The Kier molecular flexibility index (Phi) is 3.84. The second-order valence-corrected chi connectivity index (χ2v) is 6.40. The Labute approximate surface area is 149 Å². The Balaban J connectivity index is 1.55. The van der Waals surface area contributed by atoms with Crippen LogP contribution in [0, 0.1) is 6.92 Å². The smallest absolute Gasteiger partial charge is 0.285 e. The number of likely N-dealkylation sites (N-methyl/N-ethyl adjacent to an activating group) is 1. The number of aromatic amines is 1. The van der Waals surface area contributed by atoms with Crippen LogP contribution in [0.5, 0.6) is 0 Å². The fraction of sp³-hybridized carbons (Fsp3) is 0.211. The minimum atomic E-state index is -0.383. The van der Waals surface area contributed by atoms with Crippen LogP contribution in [-0.2, 0) is 6.54 Å². The summed E-state index contributed by atoms with van der Waals surface area (Å²) in [6, 6.07) is 11.9. The Morgan fingerprint density at radius 1 is 1.27 bits per heavy atom. The number of hydrogen-bond donors (Lipinski definition) is 1. The summed E-state index contributed by atoms with van der Waals surface area (Å²) in [7, 11) is 1.70. The molecule has 0 saturated heterocycles. The first kappa shape index (κ1) is 16.1. The molecule has 0 spiro atoms. The molecule has 3 heterocycles. The average Bonchev–Trinajstić information content (AvgIpc) is 3.23. The summed E-state index contributed by atoms with van der Waals surface area (Å²) in [4.78, 5) is 31.0. The highest BCUT2D eigenvalue weighted by molar-refractivity contribution is 5.93. The van der Waals surface area contributed by atoms with Crippen LogP contribution >= 0.6 is 0 Å². The molecule has 1 N–H and O–H groups in total. The maximum Gasteiger partial charge on any atom is 0.285 e. The van der Waals surface area contributed by atoms with E-state index in [2.05, 4.69) is 32.8 Å². The van der Waals surface area contributed by atoms with E-state index in [9.17, 15) is 9.59 Å². The van der Waals surface area contributed by atoms with Gasteiger partial charge in [-0.15, -0.1) is 0 Å². The number of rotatable bonds is 4. The standard InChI is InChI=1S/C19H19N5O2/c1-13-11-17-20-12-15(19(26)24(17)21-13)18(25)22(2)9-10-23-8-7-14-5-3-4-6-16(14)23/h3-8,11-12,21H,9-10H2,1-2H3. The van der Waals surface area contributed by atoms with Crippen molar-refractivity contribution in [1.29, 1.82) is 0 Å². The number of hydrogen-bond acceptors (Lipinski definition) is 3. The molecule has 0 bridgehead atoms. The fourth-order valence-electron chi connectivity index (χ4n) is 3.13. The van der Waals surface area contributed by atoms with Crippen molar-refractivity contribution in [3.05, 3.63) is 70.4 Å². The highest BCUT2D eigenvalue weighted by atomic mass is 16.2. The third kappa shape index (κ3) is 2.67. The van der Waals surface area contributed by atoms with Gasteiger partial charge in [-0.3, -0.25) is 14.7 Å². The minimum absolute atomic E-state index is 0.0595. The summed E-state index contributed by atoms with van der Waals surface area (Å²) >= 11 is 0. The van der Waals surface area contributed by atoms with Crippen molar-refractivity contribution in [2.45, 2.75) is 13.5 Å². The fourth-order valence-corrected chi connectivity index (χ4v) is 3.13. The zero-order chi connectivity index (χ0) is 18.3. The number of amides is 1. The van der Waals surface area contributed by atoms with Crippen molar-refractivity contribution in [2.75, 3.05) is 13.6 Å². The Hall–Kier alpha value is -3.35. The van der Waals surface area contributed by atoms with E-state index in [1.165, 1.54) is 10.7 Å². The first-order valence-corrected chi connectivity index (χ1v) is 8.41. The number of benzene rings is 1. The lowest BCUT2D eigenvalue weighted by Gasteiger charge is -2.17. The van der Waals surface area contributed by atoms with Gasteiger partial charge >= 0.3 is 0 Å². The van der Waals surface area contributed by atoms with Gasteiger partial charge < -0.3 is 9.47 Å². The molecule has 0 aliphatic heterocycles. The van der Waals surface area contributed by atoms with Crippen molar-refractivity contribution in [3.8, 4) is 0 Å². The second-order valence-electron chi connectivity index (χ2n) is 6.40. The van der Waals surface area contributed by atoms with Crippen LogP contribution in [0.2, 0.25) is 0 Å². The van der Waals surface area contributed by atoms with Gasteiger partial charge in [0.15, 0.2) is 5.65 Å². The first-order valence-electron chi connectivity index (χ1n) is 8.41. The van der Waals surface area contributed by atoms with E-state index >= 15 is 0 Å². The van der Waals surface area contributed by atoms with Crippen LogP contribution in [0.25, 0.3) is 16.6 Å². The number of nitrogens with zero attached hydrogens (tertiary/aromatic N) is 4. The SMILES string of the molecule is Cc1cc2ncc(C(=O)N(C)CCn3ccc4ccccc43)c(=O)n2[nH]1. The lowest BCUT2D eigenvalue weighted by atomic mass is 10.2. The van der Waals surface area contributed by atoms with Gasteiger partial charge in [-0.05, 0) is 24.4 Å². The number of nitrogens with one attached hydrogen (secondary N) is 1. The zero-order valence-electron chi connectivity index (χ0n) is 14.6. The molecule has 1 aromatic carbocycles. The van der Waals surface area contributed by atoms with Gasteiger partial charge in [-0.1, -0.05) is 18.2 Å². The normalized spacial score (nSPS) is 11.3. The number of carbonyl (C=O) groups excluding carboxylic acids is 1. The maximum atomic E-state index is 12.7. The van der Waals surface area contributed by atoms with Crippen molar-refractivity contribution in [1.82, 2.24) is 24.1 Å². The maximum absolute atomic E-state index is 12.7. The minimum Gasteiger partial charge on any atom is -0.346 e. The van der Waals surface area contributed by atoms with Gasteiger partial charge in [-0.25, -0.2) is 9.50 Å². The van der Waals surface area contributed by atoms with Gasteiger partial charge in [0.25, 0.3) is 11.5 Å². The highest BCUT2D eigenvalue weighted by Gasteiger charge is 2.18. The van der Waals surface area contributed by atoms with Crippen molar-refractivity contribution in [3.63, 3.8) is 0 Å². The number of aromatic nitrogens is 4. The molecule has 0 atom stereocenters. The topological polar surface area (TPSA) is 75.4 Å². The predicted octanol–water partition coefficient (Wildman–Crippen LogP) is 2.06. The van der Waals surface area contributed by atoms with Crippen LogP contribution in [0.15, 0.2) is 53.6 Å². The summed E-state index contributed by atoms with van der Waals surface area (Å²) < 4.78 is 3.40. The Morgan fingerprint density at radius 3 is 2.92 bits per heavy atom. The number of H-pyrrole nitrogens is 1. The lowest BCUT2D eigenvalue weighted by molar-refractivity contribution is 0.0788. The summed E-state index contributed by atoms with van der Waals surface area (Å²) in [6.45, 7) is 2.97. The predicted molar refractivity (Wildman–Crippen MR) is 99.4 cm³/mol. The molecule has 0 unspecified atom stereocenters. The lowest BCUT2D eigenvalue weighted by Crippen LogP contribution is -2.35. The third-order valence-electron chi connectivity index (χ3n) is 4.56. The molecule has 3 aromatic heterocycles. The van der Waals surface area contributed by atoms with E-state index in [0.29, 0.717) is 18.7 Å². The molecule has 0 aliphatic rings. The van der Waals surface area contributed by atoms with E-state index in [0.717, 1.165) is 16.6 Å². The van der Waals surface area contributed by atoms with Crippen molar-refractivity contribution in [2.24, 2.45) is 0 Å². The van der Waals surface area contributed by atoms with Crippen LogP contribution in [0.1, 0.15) is 16.1 Å². The molecule has 0 fully saturated rings. The summed E-state index contributed by atoms with van der Waals surface area (Å²) in [6.07, 6.45) is 3.36. The molecule has 0 aliphatic carbocycles. The molecule has 132 valence electrons. The van der Waals surface area contributed by atoms with E-state index in [1.54, 1.807) is 18.0 Å². The van der Waals surface area contributed by atoms with Crippen LogP contribution in [-0.4, -0.2) is 43.6 Å². The molecule has 7 nitrogen and oxygen atoms in total. The van der Waals surface area contributed by atoms with E-state index in [4.69, 9.17) is 0 Å². The van der Waals surface area contributed by atoms with Crippen molar-refractivity contribution < 1.29 is 4.79 Å². The quantitative estimate of drug-likeness (QED) is 0.613. The van der Waals surface area contributed by atoms with Crippen molar-refractivity contribution >= 4 is 22.5 Å². The van der Waals surface area contributed by atoms with Crippen LogP contribution in [0.4, 0.5) is 0 Å². The Morgan fingerprint density at radius 2 is 2.08 bits per heavy atom. The van der Waals surface area contributed by atoms with Crippen LogP contribution < -0.4 is 5.56 Å². The number of aryl methyl sites for hydroxylation is 1. The van der Waals surface area contributed by atoms with Gasteiger partial charge in [0, 0.05) is 49.8 Å². The van der Waals surface area contributed by atoms with Gasteiger partial charge in [0.2, 0.25) is 0 Å². The zero-order valence-corrected chi connectivity index (χ0v) is 14.6. The molecule has 4 aromatic rings. The summed E-state index contributed by atoms with van der Waals surface area (Å²) in [5, 5.41) is 4.07. The molecular weight excluding hydrogens is 330 g/mol. The number of para-hydroxylation sites is 1. The van der Waals surface area contributed by atoms with Gasteiger partial charge in [0.1, 0.15) is 5.56 Å². The summed E-state index contributed by atoms with van der Waals surface area (Å²) in [5.74, 6) is -0.333. The van der Waals surface area contributed by atoms with E-state index < -0.39 is 0 Å². The van der Waals surface area contributed by atoms with Gasteiger partial charge in [0.05, 0.1) is 0 Å². The Bertz CT molecular complexity index is 1170. The van der Waals surface area contributed by atoms with Gasteiger partial charge in [-0.2, -0.15) is 0 Å². The van der Waals surface area contributed by atoms with E-state index in [-0.39, 0.29) is 17.0 Å². The van der Waals surface area contributed by atoms with E-state index in [1.807, 2.05) is 25.3 Å².